The van der Waals surface area contributed by atoms with Crippen molar-refractivity contribution in [1.29, 1.82) is 0 Å². The predicted molar refractivity (Wildman–Crippen MR) is 60.1 cm³/mol. The fourth-order valence-corrected chi connectivity index (χ4v) is 1.72. The first kappa shape index (κ1) is 10.4. The van der Waals surface area contributed by atoms with Crippen LogP contribution in [0, 0.1) is 0 Å². The van der Waals surface area contributed by atoms with E-state index in [1.165, 1.54) is 11.3 Å². The Morgan fingerprint density at radius 1 is 1.47 bits per heavy atom. The molecule has 0 spiro atoms. The van der Waals surface area contributed by atoms with Crippen LogP contribution in [0.4, 0.5) is 0 Å². The van der Waals surface area contributed by atoms with Gasteiger partial charge in [-0.05, 0) is 12.0 Å². The summed E-state index contributed by atoms with van der Waals surface area (Å²) in [6.07, 6.45) is 3.27. The zero-order valence-corrected chi connectivity index (χ0v) is 9.25. The lowest BCUT2D eigenvalue weighted by molar-refractivity contribution is 0.296. The molecule has 82 valence electrons. The third kappa shape index (κ3) is 2.69. The number of hydrogen-bond donors (Lipinski definition) is 1. The van der Waals surface area contributed by atoms with Crippen LogP contribution in [-0.2, 0) is 13.0 Å². The molecule has 1 aromatic rings. The van der Waals surface area contributed by atoms with Gasteiger partial charge in [0.15, 0.2) is 0 Å². The highest BCUT2D eigenvalue weighted by atomic mass is 16.5. The van der Waals surface area contributed by atoms with Crippen molar-refractivity contribution in [2.24, 2.45) is 0 Å². The highest BCUT2D eigenvalue weighted by molar-refractivity contribution is 5.27. The molecular weight excluding hydrogens is 188 g/mol. The minimum Gasteiger partial charge on any atom is -0.478 e. The van der Waals surface area contributed by atoms with Gasteiger partial charge in [-0.15, -0.1) is 0 Å². The van der Waals surface area contributed by atoms with Crippen LogP contribution >= 0.6 is 0 Å². The third-order valence-electron chi connectivity index (χ3n) is 2.64. The van der Waals surface area contributed by atoms with Crippen LogP contribution in [-0.4, -0.2) is 18.1 Å². The molecule has 0 atom stereocenters. The van der Waals surface area contributed by atoms with Crippen molar-refractivity contribution in [3.05, 3.63) is 23.4 Å². The van der Waals surface area contributed by atoms with E-state index in [4.69, 9.17) is 4.74 Å². The Balaban J connectivity index is 2.00. The molecule has 0 fully saturated rings. The lowest BCUT2D eigenvalue weighted by Crippen LogP contribution is -2.24. The van der Waals surface area contributed by atoms with Gasteiger partial charge in [-0.25, -0.2) is 4.98 Å². The Labute approximate surface area is 90.9 Å². The fourth-order valence-electron chi connectivity index (χ4n) is 1.72. The van der Waals surface area contributed by atoms with Crippen LogP contribution < -0.4 is 10.1 Å². The van der Waals surface area contributed by atoms with Crippen molar-refractivity contribution in [2.75, 3.05) is 13.2 Å². The molecule has 3 nitrogen and oxygen atoms in total. The van der Waals surface area contributed by atoms with Crippen LogP contribution in [0.1, 0.15) is 31.0 Å². The van der Waals surface area contributed by atoms with Gasteiger partial charge in [0.05, 0.1) is 12.3 Å². The molecule has 1 aliphatic heterocycles. The van der Waals surface area contributed by atoms with E-state index in [0.717, 1.165) is 44.8 Å². The van der Waals surface area contributed by atoms with Gasteiger partial charge in [-0.1, -0.05) is 19.4 Å². The molecule has 15 heavy (non-hydrogen) atoms. The molecule has 3 heteroatoms. The van der Waals surface area contributed by atoms with E-state index in [9.17, 15) is 0 Å². The number of unbranched alkanes of at least 4 members (excludes halogenated alkanes) is 1. The molecule has 1 aliphatic rings. The maximum atomic E-state index is 5.58. The number of nitrogens with one attached hydrogen (secondary N) is 1. The van der Waals surface area contributed by atoms with E-state index >= 15 is 0 Å². The molecule has 0 aliphatic carbocycles. The highest BCUT2D eigenvalue weighted by Gasteiger charge is 2.10. The van der Waals surface area contributed by atoms with Crippen molar-refractivity contribution in [3.8, 4) is 5.88 Å². The molecule has 0 saturated carbocycles. The summed E-state index contributed by atoms with van der Waals surface area (Å²) in [5, 5.41) is 3.33. The molecule has 2 rings (SSSR count). The number of fused-ring (bicyclic) bond motifs is 1. The van der Waals surface area contributed by atoms with Crippen molar-refractivity contribution in [1.82, 2.24) is 10.3 Å². The van der Waals surface area contributed by atoms with Crippen molar-refractivity contribution >= 4 is 0 Å². The van der Waals surface area contributed by atoms with Gasteiger partial charge in [0.2, 0.25) is 5.88 Å². The minimum atomic E-state index is 0.778. The summed E-state index contributed by atoms with van der Waals surface area (Å²) in [5.74, 6) is 0.782. The van der Waals surface area contributed by atoms with Gasteiger partial charge < -0.3 is 10.1 Å². The van der Waals surface area contributed by atoms with Gasteiger partial charge in [-0.2, -0.15) is 0 Å². The van der Waals surface area contributed by atoms with E-state index in [1.807, 2.05) is 6.07 Å². The number of rotatable bonds is 4. The second-order valence-corrected chi connectivity index (χ2v) is 3.88. The number of aromatic nitrogens is 1. The normalized spacial score (nSPS) is 14.7. The average molecular weight is 206 g/mol. The van der Waals surface area contributed by atoms with Gasteiger partial charge in [-0.3, -0.25) is 0 Å². The topological polar surface area (TPSA) is 34.1 Å². The number of hydrogen-bond acceptors (Lipinski definition) is 3. The molecule has 0 saturated heterocycles. The summed E-state index contributed by atoms with van der Waals surface area (Å²) in [4.78, 5) is 4.52. The van der Waals surface area contributed by atoms with E-state index in [2.05, 4.69) is 23.3 Å². The molecular formula is C12H18N2O. The lowest BCUT2D eigenvalue weighted by Gasteiger charge is -2.16. The summed E-state index contributed by atoms with van der Waals surface area (Å²) < 4.78 is 5.58. The zero-order chi connectivity index (χ0) is 10.5. The Kier molecular flexibility index (Phi) is 3.56. The Bertz CT molecular complexity index is 325. The van der Waals surface area contributed by atoms with Crippen LogP contribution in [0.25, 0.3) is 0 Å². The van der Waals surface area contributed by atoms with Crippen molar-refractivity contribution in [3.63, 3.8) is 0 Å². The van der Waals surface area contributed by atoms with Crippen LogP contribution in [0.3, 0.4) is 0 Å². The summed E-state index contributed by atoms with van der Waals surface area (Å²) in [7, 11) is 0. The monoisotopic (exact) mass is 206 g/mol. The number of ether oxygens (including phenoxy) is 1. The van der Waals surface area contributed by atoms with Gasteiger partial charge in [0.1, 0.15) is 0 Å². The Morgan fingerprint density at radius 3 is 3.27 bits per heavy atom. The standard InChI is InChI=1S/C12H18N2O/c1-2-3-8-15-12-5-4-10-9-13-7-6-11(10)14-12/h4-5,13H,2-3,6-9H2,1H3. The van der Waals surface area contributed by atoms with Crippen LogP contribution in [0.2, 0.25) is 0 Å². The largest absolute Gasteiger partial charge is 0.478 e. The van der Waals surface area contributed by atoms with E-state index in [-0.39, 0.29) is 0 Å². The predicted octanol–water partition coefficient (Wildman–Crippen LogP) is 1.91. The fraction of sp³-hybridized carbons (Fsp3) is 0.583. The van der Waals surface area contributed by atoms with E-state index < -0.39 is 0 Å². The smallest absolute Gasteiger partial charge is 0.213 e. The van der Waals surface area contributed by atoms with Crippen molar-refractivity contribution < 1.29 is 4.74 Å². The third-order valence-corrected chi connectivity index (χ3v) is 2.64. The van der Waals surface area contributed by atoms with Crippen LogP contribution in [0.15, 0.2) is 12.1 Å². The first-order valence-electron chi connectivity index (χ1n) is 5.72. The molecule has 0 amide bonds. The van der Waals surface area contributed by atoms with Gasteiger partial charge in [0, 0.05) is 25.6 Å². The lowest BCUT2D eigenvalue weighted by atomic mass is 10.1. The Hall–Kier alpha value is -1.09. The molecule has 2 heterocycles. The highest BCUT2D eigenvalue weighted by Crippen LogP contribution is 2.16. The second-order valence-electron chi connectivity index (χ2n) is 3.88. The zero-order valence-electron chi connectivity index (χ0n) is 9.25. The summed E-state index contributed by atoms with van der Waals surface area (Å²) in [6.45, 7) is 4.91. The molecule has 1 N–H and O–H groups in total. The maximum absolute atomic E-state index is 5.58. The summed E-state index contributed by atoms with van der Waals surface area (Å²) in [5.41, 5.74) is 2.51. The quantitative estimate of drug-likeness (QED) is 0.764. The first-order chi connectivity index (χ1) is 7.40. The second kappa shape index (κ2) is 5.12. The van der Waals surface area contributed by atoms with Crippen LogP contribution in [0.5, 0.6) is 5.88 Å². The SMILES string of the molecule is CCCCOc1ccc2c(n1)CCNC2. The maximum Gasteiger partial charge on any atom is 0.213 e. The van der Waals surface area contributed by atoms with Gasteiger partial charge >= 0.3 is 0 Å². The minimum absolute atomic E-state index is 0.778. The van der Waals surface area contributed by atoms with Gasteiger partial charge in [0.25, 0.3) is 0 Å². The molecule has 0 aromatic carbocycles. The summed E-state index contributed by atoms with van der Waals surface area (Å²) in [6, 6.07) is 4.09. The molecule has 0 bridgehead atoms. The average Bonchev–Trinajstić information content (AvgIpc) is 2.29. The Morgan fingerprint density at radius 2 is 2.40 bits per heavy atom. The summed E-state index contributed by atoms with van der Waals surface area (Å²) >= 11 is 0. The molecule has 0 unspecified atom stereocenters. The van der Waals surface area contributed by atoms with Crippen molar-refractivity contribution in [2.45, 2.75) is 32.7 Å². The van der Waals surface area contributed by atoms with E-state index in [1.54, 1.807) is 0 Å². The molecule has 0 radical (unpaired) electrons. The number of nitrogens with zero attached hydrogens (tertiary/aromatic N) is 1. The molecule has 1 aromatic heterocycles. The number of pyridine rings is 1. The first-order valence-corrected chi connectivity index (χ1v) is 5.72. The van der Waals surface area contributed by atoms with E-state index in [0.29, 0.717) is 0 Å².